The minimum Gasteiger partial charge on any atom is -0.478 e. The molecule has 0 atom stereocenters. The number of carbonyl (C=O) groups is 1. The van der Waals surface area contributed by atoms with Gasteiger partial charge in [0, 0.05) is 9.86 Å². The van der Waals surface area contributed by atoms with E-state index in [1.165, 1.54) is 0 Å². The molecular weight excluding hydrogens is 248 g/mol. The fraction of sp³-hybridized carbons (Fsp3) is 0.100. The Morgan fingerprint density at radius 2 is 2.21 bits per heavy atom. The van der Waals surface area contributed by atoms with E-state index in [0.717, 1.165) is 4.47 Å². The van der Waals surface area contributed by atoms with Crippen LogP contribution in [0.15, 0.2) is 27.1 Å². The van der Waals surface area contributed by atoms with Gasteiger partial charge in [-0.2, -0.15) is 0 Å². The number of aromatic carboxylic acids is 1. The monoisotopic (exact) mass is 254 g/mol. The first-order valence-corrected chi connectivity index (χ1v) is 4.81. The largest absolute Gasteiger partial charge is 0.478 e. The van der Waals surface area contributed by atoms with Gasteiger partial charge in [-0.25, -0.2) is 4.79 Å². The predicted molar refractivity (Wildman–Crippen MR) is 55.6 cm³/mol. The Bertz CT molecular complexity index is 513. The molecule has 3 nitrogen and oxygen atoms in total. The summed E-state index contributed by atoms with van der Waals surface area (Å²) in [5.41, 5.74) is 0.835. The van der Waals surface area contributed by atoms with Crippen molar-refractivity contribution in [1.82, 2.24) is 0 Å². The first-order chi connectivity index (χ1) is 6.59. The van der Waals surface area contributed by atoms with Gasteiger partial charge in [0.05, 0.1) is 0 Å². The molecule has 1 heterocycles. The molecular formula is C10H7BrO3. The van der Waals surface area contributed by atoms with E-state index in [1.54, 1.807) is 25.1 Å². The fourth-order valence-corrected chi connectivity index (χ4v) is 1.80. The highest BCUT2D eigenvalue weighted by atomic mass is 79.9. The number of carboxylic acid groups (broad SMARTS) is 1. The SMILES string of the molecule is Cc1oc2cc(Br)ccc2c1C(=O)O. The maximum absolute atomic E-state index is 10.9. The number of rotatable bonds is 1. The molecule has 14 heavy (non-hydrogen) atoms. The zero-order chi connectivity index (χ0) is 10.3. The van der Waals surface area contributed by atoms with Crippen LogP contribution >= 0.6 is 15.9 Å². The van der Waals surface area contributed by atoms with Crippen LogP contribution < -0.4 is 0 Å². The minimum atomic E-state index is -0.955. The standard InChI is InChI=1S/C10H7BrO3/c1-5-9(10(12)13)7-3-2-6(11)4-8(7)14-5/h2-4H,1H3,(H,12,13). The second kappa shape index (κ2) is 3.13. The summed E-state index contributed by atoms with van der Waals surface area (Å²) in [6.45, 7) is 1.65. The number of fused-ring (bicyclic) bond motifs is 1. The molecule has 2 aromatic rings. The molecule has 2 rings (SSSR count). The third-order valence-corrected chi connectivity index (χ3v) is 2.54. The molecule has 0 saturated carbocycles. The highest BCUT2D eigenvalue weighted by molar-refractivity contribution is 9.10. The highest BCUT2D eigenvalue weighted by Gasteiger charge is 2.16. The Morgan fingerprint density at radius 3 is 2.86 bits per heavy atom. The quantitative estimate of drug-likeness (QED) is 0.851. The molecule has 0 radical (unpaired) electrons. The molecule has 72 valence electrons. The number of halogens is 1. The number of hydrogen-bond donors (Lipinski definition) is 1. The molecule has 0 bridgehead atoms. The van der Waals surface area contributed by atoms with Crippen molar-refractivity contribution in [3.63, 3.8) is 0 Å². The second-order valence-corrected chi connectivity index (χ2v) is 3.89. The maximum atomic E-state index is 10.9. The summed E-state index contributed by atoms with van der Waals surface area (Å²) in [4.78, 5) is 10.9. The normalized spacial score (nSPS) is 10.7. The minimum absolute atomic E-state index is 0.243. The van der Waals surface area contributed by atoms with Crippen molar-refractivity contribution in [3.8, 4) is 0 Å². The van der Waals surface area contributed by atoms with Gasteiger partial charge in [0.15, 0.2) is 0 Å². The van der Waals surface area contributed by atoms with Crippen LogP contribution in [0.3, 0.4) is 0 Å². The summed E-state index contributed by atoms with van der Waals surface area (Å²) in [5, 5.41) is 9.59. The van der Waals surface area contributed by atoms with Crippen LogP contribution in [0.4, 0.5) is 0 Å². The third-order valence-electron chi connectivity index (χ3n) is 2.04. The number of furan rings is 1. The van der Waals surface area contributed by atoms with Crippen molar-refractivity contribution >= 4 is 32.9 Å². The van der Waals surface area contributed by atoms with E-state index in [2.05, 4.69) is 15.9 Å². The highest BCUT2D eigenvalue weighted by Crippen LogP contribution is 2.27. The first-order valence-electron chi connectivity index (χ1n) is 4.01. The zero-order valence-electron chi connectivity index (χ0n) is 7.37. The summed E-state index contributed by atoms with van der Waals surface area (Å²) in [5.74, 6) is -0.519. The number of hydrogen-bond acceptors (Lipinski definition) is 2. The van der Waals surface area contributed by atoms with E-state index < -0.39 is 5.97 Å². The second-order valence-electron chi connectivity index (χ2n) is 2.98. The van der Waals surface area contributed by atoms with Gasteiger partial charge in [0.2, 0.25) is 0 Å². The lowest BCUT2D eigenvalue weighted by Crippen LogP contribution is -1.96. The molecule has 1 aromatic heterocycles. The molecule has 1 aromatic carbocycles. The smallest absolute Gasteiger partial charge is 0.339 e. The van der Waals surface area contributed by atoms with Crippen molar-refractivity contribution in [2.45, 2.75) is 6.92 Å². The third kappa shape index (κ3) is 1.32. The molecule has 0 aliphatic carbocycles. The van der Waals surface area contributed by atoms with E-state index in [0.29, 0.717) is 16.7 Å². The van der Waals surface area contributed by atoms with E-state index in [1.807, 2.05) is 0 Å². The molecule has 1 N–H and O–H groups in total. The van der Waals surface area contributed by atoms with Gasteiger partial charge < -0.3 is 9.52 Å². The van der Waals surface area contributed by atoms with Gasteiger partial charge in [-0.15, -0.1) is 0 Å². The van der Waals surface area contributed by atoms with E-state index in [9.17, 15) is 4.79 Å². The van der Waals surface area contributed by atoms with Crippen LogP contribution in [0.25, 0.3) is 11.0 Å². The Balaban J connectivity index is 2.84. The Kier molecular flexibility index (Phi) is 2.07. The topological polar surface area (TPSA) is 50.4 Å². The van der Waals surface area contributed by atoms with Gasteiger partial charge in [0.1, 0.15) is 16.9 Å². The van der Waals surface area contributed by atoms with Crippen LogP contribution in [0.5, 0.6) is 0 Å². The predicted octanol–water partition coefficient (Wildman–Crippen LogP) is 3.20. The van der Waals surface area contributed by atoms with Crippen LogP contribution in [-0.4, -0.2) is 11.1 Å². The van der Waals surface area contributed by atoms with Crippen LogP contribution in [0, 0.1) is 6.92 Å². The molecule has 0 spiro atoms. The molecule has 0 aliphatic heterocycles. The number of carboxylic acids is 1. The van der Waals surface area contributed by atoms with Crippen molar-refractivity contribution in [2.75, 3.05) is 0 Å². The molecule has 4 heteroatoms. The number of aryl methyl sites for hydroxylation is 1. The average Bonchev–Trinajstić information content (AvgIpc) is 2.39. The summed E-state index contributed by atoms with van der Waals surface area (Å²) in [6.07, 6.45) is 0. The zero-order valence-corrected chi connectivity index (χ0v) is 8.96. The first kappa shape index (κ1) is 9.27. The number of benzene rings is 1. The van der Waals surface area contributed by atoms with Gasteiger partial charge >= 0.3 is 5.97 Å². The summed E-state index contributed by atoms with van der Waals surface area (Å²) in [6, 6.07) is 5.29. The van der Waals surface area contributed by atoms with Gasteiger partial charge in [-0.3, -0.25) is 0 Å². The van der Waals surface area contributed by atoms with Gasteiger partial charge in [-0.1, -0.05) is 15.9 Å². The Labute approximate surface area is 88.5 Å². The van der Waals surface area contributed by atoms with Crippen molar-refractivity contribution in [3.05, 3.63) is 34.0 Å². The molecule has 0 saturated heterocycles. The van der Waals surface area contributed by atoms with Crippen LogP contribution in [-0.2, 0) is 0 Å². The molecule has 0 aliphatic rings. The van der Waals surface area contributed by atoms with Gasteiger partial charge in [0.25, 0.3) is 0 Å². The van der Waals surface area contributed by atoms with E-state index in [-0.39, 0.29) is 5.56 Å². The fourth-order valence-electron chi connectivity index (χ4n) is 1.46. The molecule has 0 fully saturated rings. The average molecular weight is 255 g/mol. The lowest BCUT2D eigenvalue weighted by atomic mass is 10.1. The van der Waals surface area contributed by atoms with E-state index >= 15 is 0 Å². The lowest BCUT2D eigenvalue weighted by molar-refractivity contribution is 0.0697. The maximum Gasteiger partial charge on any atom is 0.339 e. The van der Waals surface area contributed by atoms with Crippen molar-refractivity contribution in [1.29, 1.82) is 0 Å². The summed E-state index contributed by atoms with van der Waals surface area (Å²) < 4.78 is 6.20. The Morgan fingerprint density at radius 1 is 1.50 bits per heavy atom. The molecule has 0 unspecified atom stereocenters. The van der Waals surface area contributed by atoms with Gasteiger partial charge in [-0.05, 0) is 25.1 Å². The lowest BCUT2D eigenvalue weighted by Gasteiger charge is -1.91. The molecule has 0 amide bonds. The van der Waals surface area contributed by atoms with E-state index in [4.69, 9.17) is 9.52 Å². The summed E-state index contributed by atoms with van der Waals surface area (Å²) in [7, 11) is 0. The van der Waals surface area contributed by atoms with Crippen LogP contribution in [0.1, 0.15) is 16.1 Å². The van der Waals surface area contributed by atoms with Crippen molar-refractivity contribution in [2.24, 2.45) is 0 Å². The Hall–Kier alpha value is -1.29. The summed E-state index contributed by atoms with van der Waals surface area (Å²) >= 11 is 3.30. The van der Waals surface area contributed by atoms with Crippen LogP contribution in [0.2, 0.25) is 0 Å². The van der Waals surface area contributed by atoms with Crippen molar-refractivity contribution < 1.29 is 14.3 Å².